The molecule has 150 valence electrons. The Morgan fingerprint density at radius 1 is 1.04 bits per heavy atom. The Bertz CT molecular complexity index is 1010. The molecule has 1 aliphatic rings. The van der Waals surface area contributed by atoms with Crippen molar-refractivity contribution in [2.24, 2.45) is 0 Å². The van der Waals surface area contributed by atoms with Gasteiger partial charge < -0.3 is 14.7 Å². The Balaban J connectivity index is 2.05. The average molecular weight is 404 g/mol. The first-order valence-electron chi connectivity index (χ1n) is 9.00. The quantitative estimate of drug-likeness (QED) is 0.795. The van der Waals surface area contributed by atoms with Crippen molar-refractivity contribution in [3.8, 4) is 0 Å². The van der Waals surface area contributed by atoms with Crippen LogP contribution in [0.25, 0.3) is 0 Å². The van der Waals surface area contributed by atoms with E-state index in [1.807, 2.05) is 24.8 Å². The molecule has 3 rings (SSSR count). The van der Waals surface area contributed by atoms with Crippen molar-refractivity contribution >= 4 is 27.4 Å². The number of anilines is 2. The van der Waals surface area contributed by atoms with Crippen LogP contribution in [0, 0.1) is 20.8 Å². The van der Waals surface area contributed by atoms with Gasteiger partial charge in [0.15, 0.2) is 0 Å². The van der Waals surface area contributed by atoms with Gasteiger partial charge in [-0.25, -0.2) is 13.2 Å². The second-order valence-electron chi connectivity index (χ2n) is 6.94. The van der Waals surface area contributed by atoms with Crippen molar-refractivity contribution in [2.75, 3.05) is 35.9 Å². The van der Waals surface area contributed by atoms with Crippen LogP contribution in [0.15, 0.2) is 35.2 Å². The molecule has 0 atom stereocenters. The van der Waals surface area contributed by atoms with Gasteiger partial charge in [-0.2, -0.15) is 0 Å². The lowest BCUT2D eigenvalue weighted by Crippen LogP contribution is -2.36. The topological polar surface area (TPSA) is 95.9 Å². The van der Waals surface area contributed by atoms with Gasteiger partial charge in [0.1, 0.15) is 0 Å². The lowest BCUT2D eigenvalue weighted by atomic mass is 10.1. The highest BCUT2D eigenvalue weighted by Crippen LogP contribution is 2.31. The molecule has 1 fully saturated rings. The summed E-state index contributed by atoms with van der Waals surface area (Å²) >= 11 is 0. The lowest BCUT2D eigenvalue weighted by Gasteiger charge is -2.30. The summed E-state index contributed by atoms with van der Waals surface area (Å²) in [5.74, 6) is -1.11. The Kier molecular flexibility index (Phi) is 5.62. The molecule has 0 bridgehead atoms. The van der Waals surface area contributed by atoms with Crippen LogP contribution in [-0.2, 0) is 14.8 Å². The molecule has 8 heteroatoms. The minimum Gasteiger partial charge on any atom is -0.478 e. The molecule has 0 saturated carbocycles. The van der Waals surface area contributed by atoms with Crippen LogP contribution in [0.5, 0.6) is 0 Å². The second-order valence-corrected chi connectivity index (χ2v) is 8.59. The van der Waals surface area contributed by atoms with Gasteiger partial charge in [0, 0.05) is 13.1 Å². The number of hydrogen-bond donors (Lipinski definition) is 2. The molecule has 1 heterocycles. The van der Waals surface area contributed by atoms with E-state index < -0.39 is 16.0 Å². The largest absolute Gasteiger partial charge is 0.478 e. The number of aryl methyl sites for hydroxylation is 3. The lowest BCUT2D eigenvalue weighted by molar-refractivity contribution is 0.0697. The van der Waals surface area contributed by atoms with E-state index in [1.165, 1.54) is 12.1 Å². The standard InChI is InChI=1S/C20H24N2O5S/c1-13-10-15(3)19(11-14(13)2)28(25,26)21-17-12-16(20(23)24)4-5-18(17)22-6-8-27-9-7-22/h4-5,10-12,21H,6-9H2,1-3H3,(H,23,24). The number of morpholine rings is 1. The van der Waals surface area contributed by atoms with E-state index in [2.05, 4.69) is 4.72 Å². The maximum Gasteiger partial charge on any atom is 0.335 e. The molecule has 1 saturated heterocycles. The van der Waals surface area contributed by atoms with Gasteiger partial charge in [-0.05, 0) is 61.7 Å². The summed E-state index contributed by atoms with van der Waals surface area (Å²) in [5, 5.41) is 9.33. The van der Waals surface area contributed by atoms with Crippen molar-refractivity contribution in [3.63, 3.8) is 0 Å². The average Bonchev–Trinajstić information content (AvgIpc) is 2.64. The first-order chi connectivity index (χ1) is 13.2. The van der Waals surface area contributed by atoms with Crippen molar-refractivity contribution in [2.45, 2.75) is 25.7 Å². The van der Waals surface area contributed by atoms with Crippen LogP contribution in [0.3, 0.4) is 0 Å². The van der Waals surface area contributed by atoms with Gasteiger partial charge in [0.2, 0.25) is 0 Å². The summed E-state index contributed by atoms with van der Waals surface area (Å²) in [5.41, 5.74) is 3.43. The molecule has 0 radical (unpaired) electrons. The fourth-order valence-corrected chi connectivity index (χ4v) is 4.63. The summed E-state index contributed by atoms with van der Waals surface area (Å²) < 4.78 is 34.2. The van der Waals surface area contributed by atoms with E-state index in [1.54, 1.807) is 19.1 Å². The molecule has 2 aromatic rings. The first kappa shape index (κ1) is 20.2. The SMILES string of the molecule is Cc1cc(C)c(S(=O)(=O)Nc2cc(C(=O)O)ccc2N2CCOCC2)cc1C. The summed E-state index contributed by atoms with van der Waals surface area (Å²) in [6.45, 7) is 7.80. The molecule has 2 aromatic carbocycles. The summed E-state index contributed by atoms with van der Waals surface area (Å²) in [6, 6.07) is 7.95. The van der Waals surface area contributed by atoms with E-state index in [0.29, 0.717) is 37.6 Å². The number of sulfonamides is 1. The van der Waals surface area contributed by atoms with Crippen LogP contribution >= 0.6 is 0 Å². The highest BCUT2D eigenvalue weighted by Gasteiger charge is 2.23. The predicted molar refractivity (Wildman–Crippen MR) is 108 cm³/mol. The number of hydrogen-bond acceptors (Lipinski definition) is 5. The van der Waals surface area contributed by atoms with Crippen molar-refractivity contribution in [3.05, 3.63) is 52.6 Å². The highest BCUT2D eigenvalue weighted by atomic mass is 32.2. The number of ether oxygens (including phenoxy) is 1. The molecule has 0 aliphatic carbocycles. The van der Waals surface area contributed by atoms with E-state index in [4.69, 9.17) is 4.74 Å². The first-order valence-corrected chi connectivity index (χ1v) is 10.5. The Morgan fingerprint density at radius 3 is 2.32 bits per heavy atom. The summed E-state index contributed by atoms with van der Waals surface area (Å²) in [6.07, 6.45) is 0. The van der Waals surface area contributed by atoms with Gasteiger partial charge in [0.25, 0.3) is 10.0 Å². The smallest absolute Gasteiger partial charge is 0.335 e. The summed E-state index contributed by atoms with van der Waals surface area (Å²) in [4.78, 5) is 13.6. The van der Waals surface area contributed by atoms with Crippen LogP contribution in [-0.4, -0.2) is 45.8 Å². The van der Waals surface area contributed by atoms with Gasteiger partial charge in [0.05, 0.1) is 35.0 Å². The predicted octanol–water partition coefficient (Wildman–Crippen LogP) is 2.95. The molecule has 0 unspecified atom stereocenters. The molecule has 0 spiro atoms. The number of carboxylic acids is 1. The Hall–Kier alpha value is -2.58. The number of aromatic carboxylic acids is 1. The monoisotopic (exact) mass is 404 g/mol. The molecule has 1 aliphatic heterocycles. The third-order valence-corrected chi connectivity index (χ3v) is 6.43. The number of carboxylic acid groups (broad SMARTS) is 1. The number of carbonyl (C=O) groups is 1. The minimum atomic E-state index is -3.89. The fourth-order valence-electron chi connectivity index (χ4n) is 3.25. The van der Waals surface area contributed by atoms with Crippen LogP contribution in [0.4, 0.5) is 11.4 Å². The second kappa shape index (κ2) is 7.81. The molecule has 0 amide bonds. The van der Waals surface area contributed by atoms with Crippen molar-refractivity contribution < 1.29 is 23.1 Å². The fraction of sp³-hybridized carbons (Fsp3) is 0.350. The normalized spacial score (nSPS) is 14.8. The van der Waals surface area contributed by atoms with Crippen molar-refractivity contribution in [1.82, 2.24) is 0 Å². The number of nitrogens with one attached hydrogen (secondary N) is 1. The maximum atomic E-state index is 13.1. The number of nitrogens with zero attached hydrogens (tertiary/aromatic N) is 1. The van der Waals surface area contributed by atoms with Crippen LogP contribution < -0.4 is 9.62 Å². The highest BCUT2D eigenvalue weighted by molar-refractivity contribution is 7.92. The maximum absolute atomic E-state index is 13.1. The van der Waals surface area contributed by atoms with Crippen LogP contribution in [0.2, 0.25) is 0 Å². The molecule has 7 nitrogen and oxygen atoms in total. The third kappa shape index (κ3) is 4.13. The molecular formula is C20H24N2O5S. The zero-order valence-corrected chi connectivity index (χ0v) is 17.0. The van der Waals surface area contributed by atoms with Gasteiger partial charge in [-0.3, -0.25) is 4.72 Å². The Morgan fingerprint density at radius 2 is 1.68 bits per heavy atom. The van der Waals surface area contributed by atoms with Gasteiger partial charge in [-0.1, -0.05) is 6.07 Å². The van der Waals surface area contributed by atoms with E-state index in [9.17, 15) is 18.3 Å². The summed E-state index contributed by atoms with van der Waals surface area (Å²) in [7, 11) is -3.89. The Labute approximate surface area is 165 Å². The van der Waals surface area contributed by atoms with E-state index in [-0.39, 0.29) is 16.1 Å². The van der Waals surface area contributed by atoms with E-state index in [0.717, 1.165) is 11.1 Å². The van der Waals surface area contributed by atoms with Crippen LogP contribution in [0.1, 0.15) is 27.0 Å². The number of rotatable bonds is 5. The van der Waals surface area contributed by atoms with Gasteiger partial charge >= 0.3 is 5.97 Å². The van der Waals surface area contributed by atoms with Crippen molar-refractivity contribution in [1.29, 1.82) is 0 Å². The molecular weight excluding hydrogens is 380 g/mol. The minimum absolute atomic E-state index is 0.0199. The van der Waals surface area contributed by atoms with E-state index >= 15 is 0 Å². The van der Waals surface area contributed by atoms with Gasteiger partial charge in [-0.15, -0.1) is 0 Å². The third-order valence-electron chi connectivity index (χ3n) is 4.92. The molecule has 28 heavy (non-hydrogen) atoms. The zero-order valence-electron chi connectivity index (χ0n) is 16.2. The molecule has 0 aromatic heterocycles. The zero-order chi connectivity index (χ0) is 20.5. The number of benzene rings is 2. The molecule has 2 N–H and O–H groups in total.